The standard InChI is InChI=1S/C5H12N2O/c1-3-5(7-6)4-8-2/h3-4,6H2,1-2H3/b7-5+. The normalized spacial score (nSPS) is 12.0. The molecule has 0 fully saturated rings. The minimum absolute atomic E-state index is 0.549. The highest BCUT2D eigenvalue weighted by Gasteiger charge is 1.90. The van der Waals surface area contributed by atoms with Gasteiger partial charge in [-0.1, -0.05) is 6.92 Å². The highest BCUT2D eigenvalue weighted by molar-refractivity contribution is 5.85. The van der Waals surface area contributed by atoms with E-state index < -0.39 is 0 Å². The Labute approximate surface area is 49.5 Å². The topological polar surface area (TPSA) is 47.6 Å². The van der Waals surface area contributed by atoms with Gasteiger partial charge in [-0.2, -0.15) is 5.10 Å². The Morgan fingerprint density at radius 3 is 2.50 bits per heavy atom. The van der Waals surface area contributed by atoms with Gasteiger partial charge in [-0.3, -0.25) is 0 Å². The Morgan fingerprint density at radius 1 is 1.75 bits per heavy atom. The lowest BCUT2D eigenvalue weighted by Crippen LogP contribution is -2.07. The van der Waals surface area contributed by atoms with Gasteiger partial charge in [0, 0.05) is 7.11 Å². The van der Waals surface area contributed by atoms with E-state index in [-0.39, 0.29) is 0 Å². The lowest BCUT2D eigenvalue weighted by molar-refractivity contribution is 0.243. The highest BCUT2D eigenvalue weighted by atomic mass is 16.5. The molecule has 0 atom stereocenters. The van der Waals surface area contributed by atoms with E-state index in [1.54, 1.807) is 7.11 Å². The van der Waals surface area contributed by atoms with E-state index in [2.05, 4.69) is 5.10 Å². The molecule has 3 nitrogen and oxygen atoms in total. The second-order valence-corrected chi connectivity index (χ2v) is 1.48. The maximum atomic E-state index is 4.98. The van der Waals surface area contributed by atoms with E-state index in [0.717, 1.165) is 12.1 Å². The van der Waals surface area contributed by atoms with Crippen molar-refractivity contribution in [1.82, 2.24) is 0 Å². The number of nitrogens with two attached hydrogens (primary N) is 1. The molecule has 0 unspecified atom stereocenters. The van der Waals surface area contributed by atoms with Gasteiger partial charge in [-0.25, -0.2) is 0 Å². The van der Waals surface area contributed by atoms with Gasteiger partial charge in [-0.05, 0) is 6.42 Å². The SMILES string of the molecule is CC/C(COC)=N\N. The van der Waals surface area contributed by atoms with E-state index in [0.29, 0.717) is 6.61 Å². The first-order chi connectivity index (χ1) is 3.85. The van der Waals surface area contributed by atoms with Crippen molar-refractivity contribution in [3.05, 3.63) is 0 Å². The lowest BCUT2D eigenvalue weighted by atomic mass is 10.3. The van der Waals surface area contributed by atoms with Crippen molar-refractivity contribution in [1.29, 1.82) is 0 Å². The molecule has 0 aliphatic heterocycles. The molecule has 0 heterocycles. The Kier molecular flexibility index (Phi) is 4.26. The zero-order chi connectivity index (χ0) is 6.41. The summed E-state index contributed by atoms with van der Waals surface area (Å²) in [6, 6.07) is 0. The first-order valence-electron chi connectivity index (χ1n) is 2.59. The molecule has 0 bridgehead atoms. The molecule has 0 aromatic carbocycles. The van der Waals surface area contributed by atoms with Crippen LogP contribution in [0.1, 0.15) is 13.3 Å². The Bertz CT molecular complexity index is 80.5. The van der Waals surface area contributed by atoms with Crippen molar-refractivity contribution < 1.29 is 4.74 Å². The molecule has 0 aliphatic carbocycles. The summed E-state index contributed by atoms with van der Waals surface area (Å²) in [5.74, 6) is 4.98. The van der Waals surface area contributed by atoms with E-state index in [1.165, 1.54) is 0 Å². The maximum absolute atomic E-state index is 4.98. The maximum Gasteiger partial charge on any atom is 0.0862 e. The second-order valence-electron chi connectivity index (χ2n) is 1.48. The molecule has 0 aromatic rings. The van der Waals surface area contributed by atoms with Gasteiger partial charge < -0.3 is 10.6 Å². The molecule has 0 aliphatic rings. The van der Waals surface area contributed by atoms with Crippen LogP contribution in [0, 0.1) is 0 Å². The number of methoxy groups -OCH3 is 1. The van der Waals surface area contributed by atoms with Crippen LogP contribution in [-0.4, -0.2) is 19.4 Å². The van der Waals surface area contributed by atoms with Gasteiger partial charge >= 0.3 is 0 Å². The molecule has 0 amide bonds. The molecule has 3 heteroatoms. The zero-order valence-electron chi connectivity index (χ0n) is 5.35. The van der Waals surface area contributed by atoms with E-state index >= 15 is 0 Å². The predicted octanol–water partition coefficient (Wildman–Crippen LogP) is 0.358. The molecule has 0 saturated heterocycles. The summed E-state index contributed by atoms with van der Waals surface area (Å²) >= 11 is 0. The third-order valence-electron chi connectivity index (χ3n) is 0.902. The quantitative estimate of drug-likeness (QED) is 0.329. The first-order valence-corrected chi connectivity index (χ1v) is 2.59. The van der Waals surface area contributed by atoms with Crippen molar-refractivity contribution in [2.24, 2.45) is 10.9 Å². The molecule has 2 N–H and O–H groups in total. The lowest BCUT2D eigenvalue weighted by Gasteiger charge is -1.96. The van der Waals surface area contributed by atoms with Crippen LogP contribution in [0.2, 0.25) is 0 Å². The fourth-order valence-corrected chi connectivity index (χ4v) is 0.397. The Hall–Kier alpha value is -0.570. The van der Waals surface area contributed by atoms with Crippen LogP contribution < -0.4 is 5.84 Å². The second kappa shape index (κ2) is 4.59. The highest BCUT2D eigenvalue weighted by Crippen LogP contribution is 1.82. The molecule has 0 aromatic heterocycles. The third-order valence-corrected chi connectivity index (χ3v) is 0.902. The summed E-state index contributed by atoms with van der Waals surface area (Å²) in [4.78, 5) is 0. The number of ether oxygens (including phenoxy) is 1. The van der Waals surface area contributed by atoms with Crippen LogP contribution in [0.4, 0.5) is 0 Å². The van der Waals surface area contributed by atoms with Crippen LogP contribution in [0.25, 0.3) is 0 Å². The third kappa shape index (κ3) is 2.58. The first kappa shape index (κ1) is 7.43. The van der Waals surface area contributed by atoms with Gasteiger partial charge in [-0.15, -0.1) is 0 Å². The minimum Gasteiger partial charge on any atom is -0.379 e. The number of nitrogens with zero attached hydrogens (tertiary/aromatic N) is 1. The Morgan fingerprint density at radius 2 is 2.38 bits per heavy atom. The van der Waals surface area contributed by atoms with Gasteiger partial charge in [0.15, 0.2) is 0 Å². The Balaban J connectivity index is 3.38. The molecular weight excluding hydrogens is 104 g/mol. The molecule has 8 heavy (non-hydrogen) atoms. The smallest absolute Gasteiger partial charge is 0.0862 e. The van der Waals surface area contributed by atoms with Gasteiger partial charge in [0.25, 0.3) is 0 Å². The summed E-state index contributed by atoms with van der Waals surface area (Å²) in [6.07, 6.45) is 0.865. The van der Waals surface area contributed by atoms with Crippen LogP contribution in [-0.2, 0) is 4.74 Å². The zero-order valence-corrected chi connectivity index (χ0v) is 5.35. The van der Waals surface area contributed by atoms with Crippen molar-refractivity contribution in [2.45, 2.75) is 13.3 Å². The number of hydrazone groups is 1. The van der Waals surface area contributed by atoms with Crippen LogP contribution >= 0.6 is 0 Å². The molecule has 0 rings (SSSR count). The van der Waals surface area contributed by atoms with E-state index in [1.807, 2.05) is 6.92 Å². The van der Waals surface area contributed by atoms with Crippen LogP contribution in [0.5, 0.6) is 0 Å². The van der Waals surface area contributed by atoms with Crippen molar-refractivity contribution in [2.75, 3.05) is 13.7 Å². The van der Waals surface area contributed by atoms with E-state index in [9.17, 15) is 0 Å². The summed E-state index contributed by atoms with van der Waals surface area (Å²) in [5, 5.41) is 3.49. The number of hydrogen-bond acceptors (Lipinski definition) is 3. The monoisotopic (exact) mass is 116 g/mol. The average molecular weight is 116 g/mol. The molecule has 0 spiro atoms. The fourth-order valence-electron chi connectivity index (χ4n) is 0.397. The van der Waals surface area contributed by atoms with Crippen molar-refractivity contribution in [3.63, 3.8) is 0 Å². The van der Waals surface area contributed by atoms with Crippen molar-refractivity contribution in [3.8, 4) is 0 Å². The number of hydrogen-bond donors (Lipinski definition) is 1. The molecule has 48 valence electrons. The number of rotatable bonds is 3. The minimum atomic E-state index is 0.549. The predicted molar refractivity (Wildman–Crippen MR) is 33.8 cm³/mol. The summed E-state index contributed by atoms with van der Waals surface area (Å²) in [5.41, 5.74) is 0.896. The van der Waals surface area contributed by atoms with Crippen LogP contribution in [0.3, 0.4) is 0 Å². The van der Waals surface area contributed by atoms with Crippen molar-refractivity contribution >= 4 is 5.71 Å². The summed E-state index contributed by atoms with van der Waals surface area (Å²) < 4.78 is 4.77. The summed E-state index contributed by atoms with van der Waals surface area (Å²) in [7, 11) is 1.63. The largest absolute Gasteiger partial charge is 0.379 e. The van der Waals surface area contributed by atoms with Gasteiger partial charge in [0.1, 0.15) is 0 Å². The molecule has 0 saturated carbocycles. The van der Waals surface area contributed by atoms with Gasteiger partial charge in [0.05, 0.1) is 12.3 Å². The average Bonchev–Trinajstić information content (AvgIpc) is 1.83. The summed E-state index contributed by atoms with van der Waals surface area (Å²) in [6.45, 7) is 2.54. The molecule has 0 radical (unpaired) electrons. The van der Waals surface area contributed by atoms with E-state index in [4.69, 9.17) is 10.6 Å². The fraction of sp³-hybridized carbons (Fsp3) is 0.800. The molecular formula is C5H12N2O. The van der Waals surface area contributed by atoms with Gasteiger partial charge in [0.2, 0.25) is 0 Å². The van der Waals surface area contributed by atoms with Crippen LogP contribution in [0.15, 0.2) is 5.10 Å².